The number of benzene rings is 2. The van der Waals surface area contributed by atoms with Crippen LogP contribution in [-0.2, 0) is 11.3 Å². The number of anilines is 3. The summed E-state index contributed by atoms with van der Waals surface area (Å²) >= 11 is 0. The Kier molecular flexibility index (Phi) is 6.76. The molecule has 1 aliphatic heterocycles. The van der Waals surface area contributed by atoms with Gasteiger partial charge in [0.05, 0.1) is 18.6 Å². The maximum absolute atomic E-state index is 6.17. The van der Waals surface area contributed by atoms with E-state index in [0.29, 0.717) is 17.9 Å². The molecule has 4 aromatic rings. The molecular formula is C29H35N7O. The van der Waals surface area contributed by atoms with Crippen LogP contribution >= 0.6 is 0 Å². The molecule has 0 atom stereocenters. The maximum atomic E-state index is 6.17. The molecule has 0 bridgehead atoms. The standard InChI is InChI=1S/C29H35N7O/c1-20-2-10-24(11-3-20)32-29-31-18-26-27(22-6-12-25(13-7-22)35-14-16-37-17-15-35)34-36(28(26)33-29)19-21-4-8-23(30)9-5-21/h2-3,6-7,10-13,18,21,23H,4-5,8-9,14-17,19,30H2,1H3,(H,31,32,33). The van der Waals surface area contributed by atoms with Gasteiger partial charge in [-0.3, -0.25) is 0 Å². The van der Waals surface area contributed by atoms with E-state index in [0.717, 1.165) is 86.5 Å². The molecule has 2 aromatic heterocycles. The van der Waals surface area contributed by atoms with Gasteiger partial charge in [0.1, 0.15) is 5.69 Å². The van der Waals surface area contributed by atoms with E-state index in [1.54, 1.807) is 0 Å². The molecule has 3 N–H and O–H groups in total. The van der Waals surface area contributed by atoms with E-state index in [1.165, 1.54) is 11.3 Å². The van der Waals surface area contributed by atoms with Crippen molar-refractivity contribution in [1.82, 2.24) is 19.7 Å². The van der Waals surface area contributed by atoms with E-state index in [-0.39, 0.29) is 0 Å². The molecule has 8 nitrogen and oxygen atoms in total. The molecule has 192 valence electrons. The Hall–Kier alpha value is -3.49. The minimum atomic E-state index is 0.332. The second-order valence-electron chi connectivity index (χ2n) is 10.4. The molecule has 1 saturated heterocycles. The number of morpholine rings is 1. The Balaban J connectivity index is 1.33. The van der Waals surface area contributed by atoms with Crippen molar-refractivity contribution in [3.63, 3.8) is 0 Å². The highest BCUT2D eigenvalue weighted by Gasteiger charge is 2.22. The van der Waals surface area contributed by atoms with E-state index >= 15 is 0 Å². The van der Waals surface area contributed by atoms with Gasteiger partial charge in [0.25, 0.3) is 0 Å². The molecule has 2 aliphatic rings. The molecule has 0 radical (unpaired) electrons. The van der Waals surface area contributed by atoms with Crippen LogP contribution in [0.25, 0.3) is 22.3 Å². The average molecular weight is 498 g/mol. The molecule has 1 aliphatic carbocycles. The summed E-state index contributed by atoms with van der Waals surface area (Å²) in [6.07, 6.45) is 6.32. The molecule has 2 aromatic carbocycles. The molecule has 8 heteroatoms. The van der Waals surface area contributed by atoms with Crippen molar-refractivity contribution in [2.45, 2.75) is 45.2 Å². The van der Waals surface area contributed by atoms with Gasteiger partial charge in [-0.05, 0) is 62.8 Å². The Morgan fingerprint density at radius 1 is 0.973 bits per heavy atom. The Bertz CT molecular complexity index is 1340. The number of ether oxygens (including phenoxy) is 1. The van der Waals surface area contributed by atoms with Gasteiger partial charge in [-0.2, -0.15) is 10.1 Å². The largest absolute Gasteiger partial charge is 0.378 e. The van der Waals surface area contributed by atoms with Crippen LogP contribution < -0.4 is 16.0 Å². The number of hydrogen-bond acceptors (Lipinski definition) is 7. The van der Waals surface area contributed by atoms with Gasteiger partial charge in [-0.1, -0.05) is 29.8 Å². The summed E-state index contributed by atoms with van der Waals surface area (Å²) in [5, 5.41) is 9.43. The van der Waals surface area contributed by atoms with Crippen molar-refractivity contribution in [3.05, 3.63) is 60.3 Å². The van der Waals surface area contributed by atoms with Crippen molar-refractivity contribution in [2.75, 3.05) is 36.5 Å². The number of fused-ring (bicyclic) bond motifs is 1. The molecule has 3 heterocycles. The average Bonchev–Trinajstić information content (AvgIpc) is 3.29. The zero-order valence-corrected chi connectivity index (χ0v) is 21.4. The van der Waals surface area contributed by atoms with Crippen LogP contribution in [0.5, 0.6) is 0 Å². The van der Waals surface area contributed by atoms with Crippen LogP contribution in [0.4, 0.5) is 17.3 Å². The highest BCUT2D eigenvalue weighted by molar-refractivity contribution is 5.91. The number of nitrogens with zero attached hydrogens (tertiary/aromatic N) is 5. The van der Waals surface area contributed by atoms with Crippen molar-refractivity contribution in [3.8, 4) is 11.3 Å². The quantitative estimate of drug-likeness (QED) is 0.391. The Morgan fingerprint density at radius 2 is 1.70 bits per heavy atom. The zero-order valence-electron chi connectivity index (χ0n) is 21.4. The predicted octanol–water partition coefficient (Wildman–Crippen LogP) is 4.90. The first-order chi connectivity index (χ1) is 18.1. The van der Waals surface area contributed by atoms with E-state index in [2.05, 4.69) is 63.2 Å². The van der Waals surface area contributed by atoms with Gasteiger partial charge in [-0.25, -0.2) is 9.67 Å². The first-order valence-electron chi connectivity index (χ1n) is 13.4. The molecule has 2 fully saturated rings. The first-order valence-corrected chi connectivity index (χ1v) is 13.4. The second-order valence-corrected chi connectivity index (χ2v) is 10.4. The third-order valence-electron chi connectivity index (χ3n) is 7.64. The van der Waals surface area contributed by atoms with Crippen molar-refractivity contribution in [1.29, 1.82) is 0 Å². The molecule has 6 rings (SSSR count). The summed E-state index contributed by atoms with van der Waals surface area (Å²) in [6, 6.07) is 17.3. The van der Waals surface area contributed by atoms with Crippen LogP contribution in [0.3, 0.4) is 0 Å². The molecule has 0 unspecified atom stereocenters. The van der Waals surface area contributed by atoms with Gasteiger partial charge >= 0.3 is 0 Å². The summed E-state index contributed by atoms with van der Waals surface area (Å²) in [7, 11) is 0. The summed E-state index contributed by atoms with van der Waals surface area (Å²) in [4.78, 5) is 12.0. The molecule has 37 heavy (non-hydrogen) atoms. The van der Waals surface area contributed by atoms with E-state index < -0.39 is 0 Å². The monoisotopic (exact) mass is 497 g/mol. The summed E-state index contributed by atoms with van der Waals surface area (Å²) in [5.41, 5.74) is 12.4. The minimum Gasteiger partial charge on any atom is -0.378 e. The third kappa shape index (κ3) is 5.31. The van der Waals surface area contributed by atoms with Gasteiger partial charge in [-0.15, -0.1) is 0 Å². The fourth-order valence-electron chi connectivity index (χ4n) is 5.39. The lowest BCUT2D eigenvalue weighted by Gasteiger charge is -2.28. The zero-order chi connectivity index (χ0) is 25.2. The predicted molar refractivity (Wildman–Crippen MR) is 148 cm³/mol. The number of rotatable bonds is 6. The molecule has 0 amide bonds. The molecule has 1 saturated carbocycles. The van der Waals surface area contributed by atoms with Crippen LogP contribution in [0.2, 0.25) is 0 Å². The topological polar surface area (TPSA) is 94.1 Å². The van der Waals surface area contributed by atoms with Crippen LogP contribution in [0, 0.1) is 12.8 Å². The van der Waals surface area contributed by atoms with Gasteiger partial charge in [0, 0.05) is 48.8 Å². The molecular weight excluding hydrogens is 462 g/mol. The van der Waals surface area contributed by atoms with Crippen molar-refractivity contribution in [2.24, 2.45) is 11.7 Å². The third-order valence-corrected chi connectivity index (χ3v) is 7.64. The lowest BCUT2D eigenvalue weighted by atomic mass is 9.86. The number of nitrogens with two attached hydrogens (primary N) is 1. The number of nitrogens with one attached hydrogen (secondary N) is 1. The number of aryl methyl sites for hydroxylation is 1. The van der Waals surface area contributed by atoms with Crippen LogP contribution in [-0.4, -0.2) is 52.1 Å². The molecule has 0 spiro atoms. The lowest BCUT2D eigenvalue weighted by molar-refractivity contribution is 0.122. The normalized spacial score (nSPS) is 20.3. The van der Waals surface area contributed by atoms with E-state index in [1.807, 2.05) is 18.3 Å². The first kappa shape index (κ1) is 23.9. The van der Waals surface area contributed by atoms with E-state index in [4.69, 9.17) is 20.6 Å². The van der Waals surface area contributed by atoms with Crippen LogP contribution in [0.1, 0.15) is 31.2 Å². The maximum Gasteiger partial charge on any atom is 0.229 e. The fraction of sp³-hybridized carbons (Fsp3) is 0.414. The van der Waals surface area contributed by atoms with Gasteiger partial charge in [0.2, 0.25) is 5.95 Å². The Labute approximate surface area is 217 Å². The second kappa shape index (κ2) is 10.5. The summed E-state index contributed by atoms with van der Waals surface area (Å²) in [5.74, 6) is 1.14. The van der Waals surface area contributed by atoms with Crippen LogP contribution in [0.15, 0.2) is 54.7 Å². The van der Waals surface area contributed by atoms with Gasteiger partial charge in [0.15, 0.2) is 5.65 Å². The highest BCUT2D eigenvalue weighted by Crippen LogP contribution is 2.32. The summed E-state index contributed by atoms with van der Waals surface area (Å²) in [6.45, 7) is 6.32. The SMILES string of the molecule is Cc1ccc(Nc2ncc3c(-c4ccc(N5CCOCC5)cc4)nn(CC4CCC(N)CC4)c3n2)cc1. The van der Waals surface area contributed by atoms with Crippen molar-refractivity contribution >= 4 is 28.4 Å². The number of hydrogen-bond donors (Lipinski definition) is 2. The highest BCUT2D eigenvalue weighted by atomic mass is 16.5. The smallest absolute Gasteiger partial charge is 0.229 e. The lowest BCUT2D eigenvalue weighted by Crippen LogP contribution is -2.36. The van der Waals surface area contributed by atoms with Crippen molar-refractivity contribution < 1.29 is 4.74 Å². The van der Waals surface area contributed by atoms with E-state index in [9.17, 15) is 0 Å². The van der Waals surface area contributed by atoms with Gasteiger partial charge < -0.3 is 20.7 Å². The minimum absolute atomic E-state index is 0.332. The Morgan fingerprint density at radius 3 is 2.43 bits per heavy atom. The number of aromatic nitrogens is 4. The fourth-order valence-corrected chi connectivity index (χ4v) is 5.39. The summed E-state index contributed by atoms with van der Waals surface area (Å²) < 4.78 is 7.59.